The van der Waals surface area contributed by atoms with E-state index in [0.717, 1.165) is 30.6 Å². The van der Waals surface area contributed by atoms with Crippen molar-refractivity contribution in [2.75, 3.05) is 38.0 Å². The summed E-state index contributed by atoms with van der Waals surface area (Å²) in [5, 5.41) is 4.34. The Morgan fingerprint density at radius 2 is 1.94 bits per heavy atom. The molecule has 3 aliphatic heterocycles. The fourth-order valence-corrected chi connectivity index (χ4v) is 3.43. The molecule has 18 heavy (non-hydrogen) atoms. The zero-order chi connectivity index (χ0) is 12.8. The molecule has 1 aromatic rings. The van der Waals surface area contributed by atoms with Crippen molar-refractivity contribution >= 4 is 16.7 Å². The molecule has 1 atom stereocenters. The number of nitrogens with zero attached hydrogens (tertiary/aromatic N) is 4. The Kier molecular flexibility index (Phi) is 3.03. The van der Waals surface area contributed by atoms with Gasteiger partial charge in [0.1, 0.15) is 0 Å². The molecule has 3 fully saturated rings. The summed E-state index contributed by atoms with van der Waals surface area (Å²) in [6.45, 7) is 12.2. The largest absolute Gasteiger partial charge is 0.356 e. The Bertz CT molecular complexity index is 416. The lowest BCUT2D eigenvalue weighted by atomic mass is 10.1. The van der Waals surface area contributed by atoms with Crippen LogP contribution >= 0.6 is 11.5 Å². The molecule has 0 aromatic carbocycles. The van der Waals surface area contributed by atoms with Gasteiger partial charge in [0.15, 0.2) is 5.82 Å². The van der Waals surface area contributed by atoms with Crippen molar-refractivity contribution in [3.05, 3.63) is 5.82 Å². The fraction of sp³-hybridized carbons (Fsp3) is 0.833. The van der Waals surface area contributed by atoms with E-state index in [4.69, 9.17) is 0 Å². The van der Waals surface area contributed by atoms with Gasteiger partial charge < -0.3 is 5.32 Å². The van der Waals surface area contributed by atoms with Gasteiger partial charge >= 0.3 is 0 Å². The van der Waals surface area contributed by atoms with Gasteiger partial charge in [-0.2, -0.15) is 4.37 Å². The lowest BCUT2D eigenvalue weighted by molar-refractivity contribution is 0.00918. The molecule has 2 bridgehead atoms. The lowest BCUT2D eigenvalue weighted by Crippen LogP contribution is -2.57. The summed E-state index contributed by atoms with van der Waals surface area (Å²) in [6, 6.07) is 0.402. The van der Waals surface area contributed by atoms with Gasteiger partial charge in [0.25, 0.3) is 0 Å². The van der Waals surface area contributed by atoms with Crippen molar-refractivity contribution in [1.82, 2.24) is 19.2 Å². The van der Waals surface area contributed by atoms with E-state index in [-0.39, 0.29) is 5.54 Å². The molecule has 0 saturated carbocycles. The van der Waals surface area contributed by atoms with Gasteiger partial charge in [0.05, 0.1) is 6.04 Å². The van der Waals surface area contributed by atoms with Crippen molar-refractivity contribution in [3.8, 4) is 0 Å². The Morgan fingerprint density at radius 3 is 2.50 bits per heavy atom. The van der Waals surface area contributed by atoms with E-state index in [0.29, 0.717) is 6.04 Å². The molecule has 3 saturated heterocycles. The molecule has 3 aliphatic rings. The maximum atomic E-state index is 4.67. The number of anilines is 1. The first-order valence-electron chi connectivity index (χ1n) is 6.59. The number of rotatable bonds is 2. The van der Waals surface area contributed by atoms with Crippen molar-refractivity contribution in [3.63, 3.8) is 0 Å². The van der Waals surface area contributed by atoms with Crippen LogP contribution in [-0.2, 0) is 0 Å². The molecule has 4 heterocycles. The third-order valence-electron chi connectivity index (χ3n) is 3.50. The lowest BCUT2D eigenvalue weighted by Gasteiger charge is -2.46. The third kappa shape index (κ3) is 2.50. The summed E-state index contributed by atoms with van der Waals surface area (Å²) in [4.78, 5) is 9.70. The second-order valence-electron chi connectivity index (χ2n) is 6.19. The van der Waals surface area contributed by atoms with Gasteiger partial charge in [-0.15, -0.1) is 0 Å². The second kappa shape index (κ2) is 4.43. The Labute approximate surface area is 112 Å². The molecule has 0 aliphatic carbocycles. The quantitative estimate of drug-likeness (QED) is 0.878. The maximum Gasteiger partial charge on any atom is 0.203 e. The van der Waals surface area contributed by atoms with Crippen molar-refractivity contribution in [2.45, 2.75) is 32.4 Å². The van der Waals surface area contributed by atoms with E-state index in [2.05, 4.69) is 45.2 Å². The predicted octanol–water partition coefficient (Wildman–Crippen LogP) is 1.42. The highest BCUT2D eigenvalue weighted by Crippen LogP contribution is 2.29. The van der Waals surface area contributed by atoms with Crippen LogP contribution in [0, 0.1) is 0 Å². The summed E-state index contributed by atoms with van der Waals surface area (Å²) < 4.78 is 4.54. The summed E-state index contributed by atoms with van der Waals surface area (Å²) in [7, 11) is 0. The SMILES string of the molecule is CC(C)(C)Nc1nc(C2CN3CCN2CC3)ns1. The van der Waals surface area contributed by atoms with Crippen molar-refractivity contribution < 1.29 is 0 Å². The van der Waals surface area contributed by atoms with Crippen LogP contribution in [0.1, 0.15) is 32.6 Å². The van der Waals surface area contributed by atoms with Crippen LogP contribution in [0.15, 0.2) is 0 Å². The zero-order valence-corrected chi connectivity index (χ0v) is 12.1. The molecule has 0 spiro atoms. The summed E-state index contributed by atoms with van der Waals surface area (Å²) in [6.07, 6.45) is 0. The molecule has 5 nitrogen and oxygen atoms in total. The summed E-state index contributed by atoms with van der Waals surface area (Å²) in [5.41, 5.74) is 0.0478. The van der Waals surface area contributed by atoms with Gasteiger partial charge in [0.2, 0.25) is 5.13 Å². The van der Waals surface area contributed by atoms with Crippen LogP contribution in [0.25, 0.3) is 0 Å². The smallest absolute Gasteiger partial charge is 0.203 e. The molecule has 1 unspecified atom stereocenters. The third-order valence-corrected chi connectivity index (χ3v) is 4.15. The Balaban J connectivity index is 1.73. The summed E-state index contributed by atoms with van der Waals surface area (Å²) >= 11 is 1.48. The zero-order valence-electron chi connectivity index (χ0n) is 11.3. The molecule has 1 aromatic heterocycles. The monoisotopic (exact) mass is 267 g/mol. The Morgan fingerprint density at radius 1 is 1.22 bits per heavy atom. The standard InChI is InChI=1S/C12H21N5S/c1-12(2,3)14-11-13-10(15-18-11)9-8-16-4-6-17(9)7-5-16/h9H,4-8H2,1-3H3,(H,13,14,15). The van der Waals surface area contributed by atoms with Gasteiger partial charge in [-0.25, -0.2) is 4.98 Å². The number of hydrogen-bond acceptors (Lipinski definition) is 6. The van der Waals surface area contributed by atoms with E-state index in [9.17, 15) is 0 Å². The van der Waals surface area contributed by atoms with Gasteiger partial charge in [-0.1, -0.05) is 0 Å². The average Bonchev–Trinajstić information content (AvgIpc) is 2.76. The molecule has 1 N–H and O–H groups in total. The van der Waals surface area contributed by atoms with Crippen LogP contribution in [0.3, 0.4) is 0 Å². The number of nitrogens with one attached hydrogen (secondary N) is 1. The highest BCUT2D eigenvalue weighted by Gasteiger charge is 2.35. The van der Waals surface area contributed by atoms with Crippen molar-refractivity contribution in [1.29, 1.82) is 0 Å². The molecule has 0 radical (unpaired) electrons. The number of piperazine rings is 3. The molecule has 100 valence electrons. The topological polar surface area (TPSA) is 44.3 Å². The maximum absolute atomic E-state index is 4.67. The first-order chi connectivity index (χ1) is 8.51. The van der Waals surface area contributed by atoms with Crippen LogP contribution in [0.5, 0.6) is 0 Å². The molecular weight excluding hydrogens is 246 g/mol. The van der Waals surface area contributed by atoms with Crippen LogP contribution < -0.4 is 5.32 Å². The number of fused-ring (bicyclic) bond motifs is 3. The van der Waals surface area contributed by atoms with Crippen molar-refractivity contribution in [2.24, 2.45) is 0 Å². The minimum atomic E-state index is 0.0478. The molecule has 6 heteroatoms. The van der Waals surface area contributed by atoms with Crippen LogP contribution in [-0.4, -0.2) is 57.4 Å². The van der Waals surface area contributed by atoms with Gasteiger partial charge in [0, 0.05) is 49.8 Å². The minimum Gasteiger partial charge on any atom is -0.356 e. The van der Waals surface area contributed by atoms with E-state index in [1.165, 1.54) is 24.6 Å². The fourth-order valence-electron chi connectivity index (χ4n) is 2.60. The molecular formula is C12H21N5S. The first kappa shape index (κ1) is 12.3. The number of hydrogen-bond donors (Lipinski definition) is 1. The predicted molar refractivity (Wildman–Crippen MR) is 74.0 cm³/mol. The normalized spacial score (nSPS) is 31.6. The van der Waals surface area contributed by atoms with E-state index >= 15 is 0 Å². The highest BCUT2D eigenvalue weighted by molar-refractivity contribution is 7.09. The van der Waals surface area contributed by atoms with Gasteiger partial charge in [-0.05, 0) is 20.8 Å². The van der Waals surface area contributed by atoms with E-state index in [1.54, 1.807) is 0 Å². The van der Waals surface area contributed by atoms with Crippen LogP contribution in [0.2, 0.25) is 0 Å². The Hall–Kier alpha value is -0.720. The van der Waals surface area contributed by atoms with E-state index < -0.39 is 0 Å². The van der Waals surface area contributed by atoms with Gasteiger partial charge in [-0.3, -0.25) is 9.80 Å². The minimum absolute atomic E-state index is 0.0478. The molecule has 0 amide bonds. The first-order valence-corrected chi connectivity index (χ1v) is 7.37. The highest BCUT2D eigenvalue weighted by atomic mass is 32.1. The van der Waals surface area contributed by atoms with E-state index in [1.807, 2.05) is 0 Å². The molecule has 4 rings (SSSR count). The number of aromatic nitrogens is 2. The average molecular weight is 267 g/mol. The van der Waals surface area contributed by atoms with Crippen LogP contribution in [0.4, 0.5) is 5.13 Å². The second-order valence-corrected chi connectivity index (χ2v) is 6.94. The summed E-state index contributed by atoms with van der Waals surface area (Å²) in [5.74, 6) is 0.996.